The summed E-state index contributed by atoms with van der Waals surface area (Å²) in [5.41, 5.74) is 3.84. The summed E-state index contributed by atoms with van der Waals surface area (Å²) in [7, 11) is 1.58. The van der Waals surface area contributed by atoms with E-state index >= 15 is 0 Å². The van der Waals surface area contributed by atoms with Crippen LogP contribution < -0.4 is 4.74 Å². The predicted octanol–water partition coefficient (Wildman–Crippen LogP) is 3.14. The molecule has 0 amide bonds. The van der Waals surface area contributed by atoms with E-state index in [1.807, 2.05) is 36.4 Å². The van der Waals surface area contributed by atoms with E-state index in [-0.39, 0.29) is 6.10 Å². The van der Waals surface area contributed by atoms with Crippen molar-refractivity contribution >= 4 is 17.2 Å². The maximum absolute atomic E-state index is 11.0. The summed E-state index contributed by atoms with van der Waals surface area (Å²) in [6, 6.07) is 15.7. The fourth-order valence-corrected chi connectivity index (χ4v) is 4.22. The molecule has 4 heterocycles. The second-order valence-electron chi connectivity index (χ2n) is 8.60. The normalized spacial score (nSPS) is 15.8. The number of carbonyl (C=O) groups is 1. The highest BCUT2D eigenvalue weighted by Gasteiger charge is 2.20. The molecule has 1 atom stereocenters. The molecule has 35 heavy (non-hydrogen) atoms. The van der Waals surface area contributed by atoms with Gasteiger partial charge in [0, 0.05) is 75.8 Å². The van der Waals surface area contributed by atoms with Crippen molar-refractivity contribution in [2.45, 2.75) is 12.6 Å². The van der Waals surface area contributed by atoms with E-state index in [0.717, 1.165) is 72.6 Å². The SMILES string of the molecule is CO[C@H](C=O)CN1CCN(Cc2ccc3cc(Oc4ccc(-c5ccn[nH]5)cn4)ccc3n2)CC1. The van der Waals surface area contributed by atoms with Crippen LogP contribution in [0.1, 0.15) is 5.69 Å². The highest BCUT2D eigenvalue weighted by Crippen LogP contribution is 2.26. The van der Waals surface area contributed by atoms with E-state index in [0.29, 0.717) is 12.4 Å². The van der Waals surface area contributed by atoms with Crippen LogP contribution in [0.5, 0.6) is 11.6 Å². The third-order valence-corrected chi connectivity index (χ3v) is 6.23. The van der Waals surface area contributed by atoms with E-state index < -0.39 is 0 Å². The maximum Gasteiger partial charge on any atom is 0.219 e. The molecule has 0 saturated carbocycles. The van der Waals surface area contributed by atoms with Gasteiger partial charge in [-0.15, -0.1) is 0 Å². The summed E-state index contributed by atoms with van der Waals surface area (Å²) >= 11 is 0. The number of nitrogens with zero attached hydrogens (tertiary/aromatic N) is 5. The largest absolute Gasteiger partial charge is 0.439 e. The molecule has 0 bridgehead atoms. The molecule has 1 aromatic carbocycles. The number of carbonyl (C=O) groups excluding carboxylic acids is 1. The Morgan fingerprint density at radius 1 is 1.06 bits per heavy atom. The molecule has 1 N–H and O–H groups in total. The van der Waals surface area contributed by atoms with E-state index in [9.17, 15) is 4.79 Å². The molecule has 5 rings (SSSR count). The van der Waals surface area contributed by atoms with Gasteiger partial charge in [-0.25, -0.2) is 4.98 Å². The number of methoxy groups -OCH3 is 1. The molecular formula is C26H28N6O3. The van der Waals surface area contributed by atoms with Gasteiger partial charge in [0.15, 0.2) is 0 Å². The second-order valence-corrected chi connectivity index (χ2v) is 8.60. The molecule has 3 aromatic heterocycles. The Kier molecular flexibility index (Phi) is 7.08. The standard InChI is InChI=1S/C26H28N6O3/c1-34-23(18-33)17-32-12-10-31(11-13-32)16-21-4-2-19-14-22(5-6-24(19)29-21)35-26-7-3-20(15-27-26)25-8-9-28-30-25/h2-9,14-15,18,23H,10-13,16-17H2,1H3,(H,28,30)/t23-/m0/s1. The third-order valence-electron chi connectivity index (χ3n) is 6.23. The maximum atomic E-state index is 11.0. The molecule has 0 unspecified atom stereocenters. The number of aldehydes is 1. The van der Waals surface area contributed by atoms with E-state index in [4.69, 9.17) is 14.5 Å². The molecule has 4 aromatic rings. The van der Waals surface area contributed by atoms with Crippen LogP contribution in [0, 0.1) is 0 Å². The monoisotopic (exact) mass is 472 g/mol. The van der Waals surface area contributed by atoms with Crippen molar-refractivity contribution in [1.82, 2.24) is 30.0 Å². The fourth-order valence-electron chi connectivity index (χ4n) is 4.22. The zero-order chi connectivity index (χ0) is 24.0. The van der Waals surface area contributed by atoms with Crippen LogP contribution in [-0.2, 0) is 16.1 Å². The molecule has 0 spiro atoms. The zero-order valence-corrected chi connectivity index (χ0v) is 19.6. The smallest absolute Gasteiger partial charge is 0.219 e. The molecule has 1 aliphatic heterocycles. The summed E-state index contributed by atoms with van der Waals surface area (Å²) < 4.78 is 11.1. The van der Waals surface area contributed by atoms with Gasteiger partial charge in [0.2, 0.25) is 5.88 Å². The quantitative estimate of drug-likeness (QED) is 0.371. The van der Waals surface area contributed by atoms with E-state index in [2.05, 4.69) is 37.1 Å². The number of piperazine rings is 1. The summed E-state index contributed by atoms with van der Waals surface area (Å²) in [6.07, 6.45) is 3.99. The minimum Gasteiger partial charge on any atom is -0.439 e. The van der Waals surface area contributed by atoms with Gasteiger partial charge in [-0.3, -0.25) is 19.9 Å². The summed E-state index contributed by atoms with van der Waals surface area (Å²) in [6.45, 7) is 5.16. The average Bonchev–Trinajstić information content (AvgIpc) is 3.44. The van der Waals surface area contributed by atoms with Gasteiger partial charge in [-0.05, 0) is 36.4 Å². The molecule has 1 saturated heterocycles. The molecule has 9 nitrogen and oxygen atoms in total. The van der Waals surface area contributed by atoms with E-state index in [1.54, 1.807) is 19.5 Å². The number of ether oxygens (including phenoxy) is 2. The molecule has 1 aliphatic rings. The topological polar surface area (TPSA) is 96.5 Å². The second kappa shape index (κ2) is 10.7. The Morgan fingerprint density at radius 2 is 1.91 bits per heavy atom. The highest BCUT2D eigenvalue weighted by atomic mass is 16.5. The lowest BCUT2D eigenvalue weighted by Gasteiger charge is -2.35. The van der Waals surface area contributed by atoms with Crippen LogP contribution in [-0.4, -0.2) is 82.2 Å². The van der Waals surface area contributed by atoms with Gasteiger partial charge in [0.25, 0.3) is 0 Å². The lowest BCUT2D eigenvalue weighted by atomic mass is 10.2. The predicted molar refractivity (Wildman–Crippen MR) is 132 cm³/mol. The summed E-state index contributed by atoms with van der Waals surface area (Å²) in [4.78, 5) is 24.9. The Labute approximate surface area is 203 Å². The Morgan fingerprint density at radius 3 is 2.63 bits per heavy atom. The lowest BCUT2D eigenvalue weighted by molar-refractivity contribution is -0.117. The number of pyridine rings is 2. The first-order valence-electron chi connectivity index (χ1n) is 11.7. The number of aromatic nitrogens is 4. The Bertz CT molecular complexity index is 1250. The lowest BCUT2D eigenvalue weighted by Crippen LogP contribution is -2.48. The first kappa shape index (κ1) is 23.1. The van der Waals surface area contributed by atoms with Crippen molar-refractivity contribution in [2.75, 3.05) is 39.8 Å². The molecule has 180 valence electrons. The van der Waals surface area contributed by atoms with Crippen LogP contribution in [0.15, 0.2) is 60.9 Å². The van der Waals surface area contributed by atoms with Gasteiger partial charge >= 0.3 is 0 Å². The molecule has 9 heteroatoms. The fraction of sp³-hybridized carbons (Fsp3) is 0.308. The number of hydrogen-bond acceptors (Lipinski definition) is 8. The number of benzene rings is 1. The number of H-pyrrole nitrogens is 1. The molecule has 1 fully saturated rings. The van der Waals surface area contributed by atoms with Gasteiger partial charge in [-0.1, -0.05) is 6.07 Å². The first-order valence-corrected chi connectivity index (χ1v) is 11.7. The highest BCUT2D eigenvalue weighted by molar-refractivity contribution is 5.80. The van der Waals surface area contributed by atoms with Crippen LogP contribution >= 0.6 is 0 Å². The number of rotatable bonds is 9. The van der Waals surface area contributed by atoms with Crippen LogP contribution in [0.3, 0.4) is 0 Å². The van der Waals surface area contributed by atoms with Crippen molar-refractivity contribution < 1.29 is 14.3 Å². The van der Waals surface area contributed by atoms with Gasteiger partial charge in [0.1, 0.15) is 18.1 Å². The summed E-state index contributed by atoms with van der Waals surface area (Å²) in [5, 5.41) is 7.91. The van der Waals surface area contributed by atoms with E-state index in [1.165, 1.54) is 0 Å². The van der Waals surface area contributed by atoms with Gasteiger partial charge in [-0.2, -0.15) is 5.10 Å². The van der Waals surface area contributed by atoms with Crippen molar-refractivity contribution in [1.29, 1.82) is 0 Å². The van der Waals surface area contributed by atoms with Crippen LogP contribution in [0.4, 0.5) is 0 Å². The van der Waals surface area contributed by atoms with Crippen LogP contribution in [0.2, 0.25) is 0 Å². The van der Waals surface area contributed by atoms with Crippen molar-refractivity contribution in [3.05, 3.63) is 66.6 Å². The third kappa shape index (κ3) is 5.71. The van der Waals surface area contributed by atoms with Gasteiger partial charge < -0.3 is 14.3 Å². The number of aromatic amines is 1. The Balaban J connectivity index is 1.18. The van der Waals surface area contributed by atoms with Crippen molar-refractivity contribution in [3.8, 4) is 22.9 Å². The van der Waals surface area contributed by atoms with Crippen LogP contribution in [0.25, 0.3) is 22.2 Å². The number of fused-ring (bicyclic) bond motifs is 1. The minimum atomic E-state index is -0.352. The molecule has 0 aliphatic carbocycles. The molecule has 0 radical (unpaired) electrons. The Hall–Kier alpha value is -3.66. The zero-order valence-electron chi connectivity index (χ0n) is 19.6. The first-order chi connectivity index (χ1) is 17.2. The van der Waals surface area contributed by atoms with Crippen molar-refractivity contribution in [3.63, 3.8) is 0 Å². The van der Waals surface area contributed by atoms with Crippen molar-refractivity contribution in [2.24, 2.45) is 0 Å². The average molecular weight is 473 g/mol. The number of hydrogen-bond donors (Lipinski definition) is 1. The molecular weight excluding hydrogens is 444 g/mol. The number of nitrogens with one attached hydrogen (secondary N) is 1. The van der Waals surface area contributed by atoms with Gasteiger partial charge in [0.05, 0.1) is 16.9 Å². The minimum absolute atomic E-state index is 0.352. The summed E-state index contributed by atoms with van der Waals surface area (Å²) in [5.74, 6) is 1.25.